The number of rotatable bonds is 4. The number of nitrogens with one attached hydrogen (secondary N) is 2. The van der Waals surface area contributed by atoms with Gasteiger partial charge in [-0.15, -0.1) is 0 Å². The van der Waals surface area contributed by atoms with Gasteiger partial charge in [0.05, 0.1) is 5.69 Å². The molecule has 1 fully saturated rings. The Hall–Kier alpha value is -1.42. The second-order valence-corrected chi connectivity index (χ2v) is 4.86. The molecule has 0 spiro atoms. The Morgan fingerprint density at radius 1 is 1.56 bits per heavy atom. The third-order valence-electron chi connectivity index (χ3n) is 3.37. The number of amides is 1. The minimum absolute atomic E-state index is 0.0880. The molecule has 1 saturated heterocycles. The monoisotopic (exact) mass is 247 g/mol. The molecule has 1 aliphatic rings. The molecular weight excluding hydrogens is 226 g/mol. The zero-order valence-corrected chi connectivity index (χ0v) is 11.1. The average molecular weight is 247 g/mol. The second-order valence-electron chi connectivity index (χ2n) is 4.86. The molecular formula is C14H21N3O. The Bertz CT molecular complexity index is 425. The van der Waals surface area contributed by atoms with Crippen LogP contribution in [0.1, 0.15) is 42.3 Å². The van der Waals surface area contributed by atoms with E-state index in [0.717, 1.165) is 30.8 Å². The zero-order chi connectivity index (χ0) is 13.0. The largest absolute Gasteiger partial charge is 0.359 e. The van der Waals surface area contributed by atoms with Gasteiger partial charge in [0.15, 0.2) is 0 Å². The second kappa shape index (κ2) is 5.96. The Morgan fingerprint density at radius 3 is 3.06 bits per heavy atom. The van der Waals surface area contributed by atoms with E-state index in [0.29, 0.717) is 12.5 Å². The fraction of sp³-hybridized carbons (Fsp3) is 0.571. The van der Waals surface area contributed by atoms with E-state index in [1.165, 1.54) is 12.0 Å². The molecule has 4 heteroatoms. The van der Waals surface area contributed by atoms with E-state index in [9.17, 15) is 4.79 Å². The van der Waals surface area contributed by atoms with Crippen molar-refractivity contribution in [2.24, 2.45) is 0 Å². The number of hydrogen-bond acceptors (Lipinski definition) is 3. The first-order chi connectivity index (χ1) is 8.69. The minimum Gasteiger partial charge on any atom is -0.359 e. The highest BCUT2D eigenvalue weighted by Gasteiger charge is 2.18. The maximum Gasteiger partial charge on any atom is 0.220 e. The molecule has 18 heavy (non-hydrogen) atoms. The SMILES string of the molecule is CNC(=O)CCc1cc(C)nc([C@H]2CCCN2)c1. The molecule has 1 atom stereocenters. The third-order valence-corrected chi connectivity index (χ3v) is 3.37. The lowest BCUT2D eigenvalue weighted by Crippen LogP contribution is -2.18. The first-order valence-electron chi connectivity index (χ1n) is 6.60. The van der Waals surface area contributed by atoms with Gasteiger partial charge >= 0.3 is 0 Å². The number of aryl methyl sites for hydroxylation is 2. The lowest BCUT2D eigenvalue weighted by Gasteiger charge is -2.12. The molecule has 2 heterocycles. The van der Waals surface area contributed by atoms with Crippen LogP contribution in [-0.2, 0) is 11.2 Å². The van der Waals surface area contributed by atoms with Gasteiger partial charge in [-0.3, -0.25) is 9.78 Å². The van der Waals surface area contributed by atoms with Crippen LogP contribution >= 0.6 is 0 Å². The van der Waals surface area contributed by atoms with E-state index in [1.54, 1.807) is 7.05 Å². The number of hydrogen-bond donors (Lipinski definition) is 2. The highest BCUT2D eigenvalue weighted by Crippen LogP contribution is 2.22. The molecule has 0 aliphatic carbocycles. The minimum atomic E-state index is 0.0880. The van der Waals surface area contributed by atoms with Gasteiger partial charge in [0.2, 0.25) is 5.91 Å². The van der Waals surface area contributed by atoms with Gasteiger partial charge in [-0.2, -0.15) is 0 Å². The summed E-state index contributed by atoms with van der Waals surface area (Å²) in [5.41, 5.74) is 3.36. The van der Waals surface area contributed by atoms with E-state index in [1.807, 2.05) is 6.92 Å². The number of pyridine rings is 1. The number of aromatic nitrogens is 1. The summed E-state index contributed by atoms with van der Waals surface area (Å²) in [6, 6.07) is 4.60. The van der Waals surface area contributed by atoms with Crippen molar-refractivity contribution in [1.29, 1.82) is 0 Å². The molecule has 2 N–H and O–H groups in total. The van der Waals surface area contributed by atoms with Crippen molar-refractivity contribution in [2.45, 2.75) is 38.6 Å². The van der Waals surface area contributed by atoms with E-state index >= 15 is 0 Å². The topological polar surface area (TPSA) is 54.0 Å². The van der Waals surface area contributed by atoms with Crippen LogP contribution in [0.5, 0.6) is 0 Å². The normalized spacial score (nSPS) is 18.9. The lowest BCUT2D eigenvalue weighted by molar-refractivity contribution is -0.120. The molecule has 0 saturated carbocycles. The quantitative estimate of drug-likeness (QED) is 0.847. The van der Waals surface area contributed by atoms with E-state index in [-0.39, 0.29) is 5.91 Å². The van der Waals surface area contributed by atoms with Crippen LogP contribution in [0.4, 0.5) is 0 Å². The summed E-state index contributed by atoms with van der Waals surface area (Å²) in [6.45, 7) is 3.09. The molecule has 0 unspecified atom stereocenters. The van der Waals surface area contributed by atoms with Crippen LogP contribution in [0.15, 0.2) is 12.1 Å². The van der Waals surface area contributed by atoms with Crippen LogP contribution in [0.3, 0.4) is 0 Å². The lowest BCUT2D eigenvalue weighted by atomic mass is 10.0. The van der Waals surface area contributed by atoms with E-state index in [4.69, 9.17) is 0 Å². The molecule has 0 aromatic carbocycles. The van der Waals surface area contributed by atoms with Gasteiger partial charge in [-0.05, 0) is 50.4 Å². The first-order valence-corrected chi connectivity index (χ1v) is 6.60. The van der Waals surface area contributed by atoms with Gasteiger partial charge in [0.1, 0.15) is 0 Å². The van der Waals surface area contributed by atoms with Gasteiger partial charge in [0, 0.05) is 25.2 Å². The number of carbonyl (C=O) groups excluding carboxylic acids is 1. The summed E-state index contributed by atoms with van der Waals surface area (Å²) in [6.07, 6.45) is 3.69. The highest BCUT2D eigenvalue weighted by atomic mass is 16.1. The molecule has 0 bridgehead atoms. The van der Waals surface area contributed by atoms with Gasteiger partial charge in [-0.25, -0.2) is 0 Å². The molecule has 98 valence electrons. The molecule has 1 aromatic rings. The van der Waals surface area contributed by atoms with Crippen LogP contribution in [0.2, 0.25) is 0 Å². The van der Waals surface area contributed by atoms with Crippen molar-refractivity contribution in [2.75, 3.05) is 13.6 Å². The third kappa shape index (κ3) is 3.29. The van der Waals surface area contributed by atoms with Crippen molar-refractivity contribution in [3.63, 3.8) is 0 Å². The van der Waals surface area contributed by atoms with E-state index < -0.39 is 0 Å². The smallest absolute Gasteiger partial charge is 0.220 e. The predicted molar refractivity (Wildman–Crippen MR) is 71.3 cm³/mol. The van der Waals surface area contributed by atoms with Crippen molar-refractivity contribution < 1.29 is 4.79 Å². The maximum atomic E-state index is 11.3. The fourth-order valence-electron chi connectivity index (χ4n) is 2.41. The van der Waals surface area contributed by atoms with E-state index in [2.05, 4.69) is 27.8 Å². The average Bonchev–Trinajstić information content (AvgIpc) is 2.89. The molecule has 1 aliphatic heterocycles. The number of nitrogens with zero attached hydrogens (tertiary/aromatic N) is 1. The summed E-state index contributed by atoms with van der Waals surface area (Å²) in [5, 5.41) is 6.11. The Morgan fingerprint density at radius 2 is 2.39 bits per heavy atom. The van der Waals surface area contributed by atoms with Gasteiger partial charge in [0.25, 0.3) is 0 Å². The first kappa shape index (κ1) is 13.0. The van der Waals surface area contributed by atoms with Crippen LogP contribution < -0.4 is 10.6 Å². The molecule has 0 radical (unpaired) electrons. The van der Waals surface area contributed by atoms with Gasteiger partial charge in [-0.1, -0.05) is 0 Å². The summed E-state index contributed by atoms with van der Waals surface area (Å²) in [5.74, 6) is 0.0880. The Balaban J connectivity index is 2.08. The van der Waals surface area contributed by atoms with Crippen molar-refractivity contribution in [1.82, 2.24) is 15.6 Å². The summed E-state index contributed by atoms with van der Waals surface area (Å²) in [4.78, 5) is 15.9. The van der Waals surface area contributed by atoms with Crippen molar-refractivity contribution in [3.05, 3.63) is 29.1 Å². The Labute approximate surface area is 108 Å². The summed E-state index contributed by atoms with van der Waals surface area (Å²) < 4.78 is 0. The molecule has 1 amide bonds. The van der Waals surface area contributed by atoms with Crippen molar-refractivity contribution in [3.8, 4) is 0 Å². The standard InChI is InChI=1S/C14H21N3O/c1-10-8-11(5-6-14(18)15-2)9-13(17-10)12-4-3-7-16-12/h8-9,12,16H,3-7H2,1-2H3,(H,15,18)/t12-/m1/s1. The van der Waals surface area contributed by atoms with Crippen LogP contribution in [-0.4, -0.2) is 24.5 Å². The maximum absolute atomic E-state index is 11.3. The summed E-state index contributed by atoms with van der Waals surface area (Å²) >= 11 is 0. The molecule has 4 nitrogen and oxygen atoms in total. The zero-order valence-electron chi connectivity index (χ0n) is 11.1. The van der Waals surface area contributed by atoms with Crippen molar-refractivity contribution >= 4 is 5.91 Å². The summed E-state index contributed by atoms with van der Waals surface area (Å²) in [7, 11) is 1.67. The predicted octanol–water partition coefficient (Wildman–Crippen LogP) is 1.49. The number of carbonyl (C=O) groups is 1. The molecule has 1 aromatic heterocycles. The van der Waals surface area contributed by atoms with Crippen LogP contribution in [0.25, 0.3) is 0 Å². The van der Waals surface area contributed by atoms with Crippen LogP contribution in [0, 0.1) is 6.92 Å². The molecule has 2 rings (SSSR count). The fourth-order valence-corrected chi connectivity index (χ4v) is 2.41. The van der Waals surface area contributed by atoms with Gasteiger partial charge < -0.3 is 10.6 Å². The highest BCUT2D eigenvalue weighted by molar-refractivity contribution is 5.75. The Kier molecular flexibility index (Phi) is 4.31.